The molecule has 0 aromatic carbocycles. The summed E-state index contributed by atoms with van der Waals surface area (Å²) in [5, 5.41) is 8.21. The molecule has 0 saturated heterocycles. The van der Waals surface area contributed by atoms with Crippen LogP contribution in [-0.2, 0) is 18.3 Å². The lowest BCUT2D eigenvalue weighted by Gasteiger charge is -1.93. The van der Waals surface area contributed by atoms with Crippen molar-refractivity contribution in [3.8, 4) is 11.8 Å². The molecule has 0 bridgehead atoms. The molecule has 4 nitrogen and oxygen atoms in total. The van der Waals surface area contributed by atoms with E-state index in [1.807, 2.05) is 13.0 Å². The van der Waals surface area contributed by atoms with Crippen LogP contribution in [-0.4, -0.2) is 20.6 Å². The Morgan fingerprint density at radius 1 is 1.83 bits per heavy atom. The molecular weight excluding hydrogens is 156 g/mol. The third-order valence-electron chi connectivity index (χ3n) is 1.36. The lowest BCUT2D eigenvalue weighted by molar-refractivity contribution is -0.130. The second-order valence-corrected chi connectivity index (χ2v) is 2.24. The Hall–Kier alpha value is -1.76. The molecule has 1 heterocycles. The van der Waals surface area contributed by atoms with Crippen molar-refractivity contribution in [2.75, 3.05) is 0 Å². The summed E-state index contributed by atoms with van der Waals surface area (Å²) in [5.74, 6) is 4.18. The third-order valence-corrected chi connectivity index (χ3v) is 1.36. The van der Waals surface area contributed by atoms with E-state index in [0.717, 1.165) is 5.82 Å². The average Bonchev–Trinajstić information content (AvgIpc) is 2.36. The van der Waals surface area contributed by atoms with Gasteiger partial charge in [0.25, 0.3) is 0 Å². The van der Waals surface area contributed by atoms with E-state index in [9.17, 15) is 4.79 Å². The topological polar surface area (TPSA) is 55.1 Å². The fourth-order valence-electron chi connectivity index (χ4n) is 0.766. The number of carboxylic acid groups (broad SMARTS) is 1. The lowest BCUT2D eigenvalue weighted by atomic mass is 10.4. The van der Waals surface area contributed by atoms with Gasteiger partial charge in [-0.3, -0.25) is 0 Å². The molecule has 12 heavy (non-hydrogen) atoms. The summed E-state index contributed by atoms with van der Waals surface area (Å²) in [6.07, 6.45) is 3.81. The molecule has 1 aromatic heterocycles. The third kappa shape index (κ3) is 2.13. The smallest absolute Gasteiger partial charge is 0.381 e. The summed E-state index contributed by atoms with van der Waals surface area (Å²) in [4.78, 5) is 14.0. The molecule has 0 aliphatic heterocycles. The molecule has 0 amide bonds. The Bertz CT molecular complexity index is 343. The molecule has 0 aliphatic carbocycles. The Morgan fingerprint density at radius 2 is 2.58 bits per heavy atom. The molecule has 1 rings (SSSR count). The van der Waals surface area contributed by atoms with Crippen LogP contribution in [0.5, 0.6) is 0 Å². The summed E-state index contributed by atoms with van der Waals surface area (Å²) in [6.45, 7) is 0. The SMILES string of the molecule is Cn1ccnc1CC#CC(=O)O. The van der Waals surface area contributed by atoms with Crippen LogP contribution in [0.15, 0.2) is 12.4 Å². The molecule has 0 fully saturated rings. The molecular formula is C8H8N2O2. The maximum absolute atomic E-state index is 10.0. The molecule has 0 radical (unpaired) electrons. The summed E-state index contributed by atoms with van der Waals surface area (Å²) >= 11 is 0. The van der Waals surface area contributed by atoms with Gasteiger partial charge in [-0.25, -0.2) is 9.78 Å². The van der Waals surface area contributed by atoms with E-state index in [0.29, 0.717) is 6.42 Å². The van der Waals surface area contributed by atoms with Gasteiger partial charge in [0.15, 0.2) is 0 Å². The number of aromatic nitrogens is 2. The highest BCUT2D eigenvalue weighted by atomic mass is 16.4. The van der Waals surface area contributed by atoms with Crippen LogP contribution in [0, 0.1) is 11.8 Å². The van der Waals surface area contributed by atoms with Gasteiger partial charge >= 0.3 is 5.97 Å². The van der Waals surface area contributed by atoms with E-state index in [-0.39, 0.29) is 0 Å². The Labute approximate surface area is 69.8 Å². The highest BCUT2D eigenvalue weighted by Crippen LogP contribution is 1.93. The molecule has 0 unspecified atom stereocenters. The van der Waals surface area contributed by atoms with E-state index in [2.05, 4.69) is 10.9 Å². The first-order chi connectivity index (χ1) is 5.70. The van der Waals surface area contributed by atoms with Crippen molar-refractivity contribution >= 4 is 5.97 Å². The number of rotatable bonds is 1. The van der Waals surface area contributed by atoms with Gasteiger partial charge in [0.05, 0.1) is 6.42 Å². The van der Waals surface area contributed by atoms with Crippen molar-refractivity contribution in [1.82, 2.24) is 9.55 Å². The number of hydrogen-bond acceptors (Lipinski definition) is 2. The zero-order chi connectivity index (χ0) is 8.97. The molecule has 4 heteroatoms. The van der Waals surface area contributed by atoms with Gasteiger partial charge < -0.3 is 9.67 Å². The number of aryl methyl sites for hydroxylation is 1. The predicted octanol–water partition coefficient (Wildman–Crippen LogP) is 0.0506. The summed E-state index contributed by atoms with van der Waals surface area (Å²) in [6, 6.07) is 0. The Kier molecular flexibility index (Phi) is 2.49. The minimum absolute atomic E-state index is 0.371. The maximum atomic E-state index is 10.0. The highest BCUT2D eigenvalue weighted by molar-refractivity contribution is 5.86. The van der Waals surface area contributed by atoms with Crippen molar-refractivity contribution in [3.63, 3.8) is 0 Å². The van der Waals surface area contributed by atoms with Crippen molar-refractivity contribution in [2.45, 2.75) is 6.42 Å². The van der Waals surface area contributed by atoms with Crippen LogP contribution in [0.25, 0.3) is 0 Å². The number of aliphatic carboxylic acids is 1. The first-order valence-corrected chi connectivity index (χ1v) is 3.38. The van der Waals surface area contributed by atoms with E-state index in [4.69, 9.17) is 5.11 Å². The van der Waals surface area contributed by atoms with Gasteiger partial charge in [-0.2, -0.15) is 0 Å². The Morgan fingerprint density at radius 3 is 3.08 bits per heavy atom. The van der Waals surface area contributed by atoms with Crippen LogP contribution in [0.4, 0.5) is 0 Å². The van der Waals surface area contributed by atoms with Gasteiger partial charge in [0.1, 0.15) is 5.82 Å². The van der Waals surface area contributed by atoms with Gasteiger partial charge in [-0.1, -0.05) is 5.92 Å². The van der Waals surface area contributed by atoms with Crippen molar-refractivity contribution in [1.29, 1.82) is 0 Å². The fourth-order valence-corrected chi connectivity index (χ4v) is 0.766. The number of imidazole rings is 1. The minimum atomic E-state index is -1.11. The standard InChI is InChI=1S/C8H8N2O2/c1-10-6-5-9-7(10)3-2-4-8(11)12/h5-6H,3H2,1H3,(H,11,12). The van der Waals surface area contributed by atoms with E-state index in [1.165, 1.54) is 0 Å². The van der Waals surface area contributed by atoms with Crippen LogP contribution >= 0.6 is 0 Å². The molecule has 0 atom stereocenters. The van der Waals surface area contributed by atoms with Gasteiger partial charge in [0.2, 0.25) is 0 Å². The van der Waals surface area contributed by atoms with Crippen molar-refractivity contribution in [2.24, 2.45) is 7.05 Å². The second kappa shape index (κ2) is 3.58. The first kappa shape index (κ1) is 8.34. The number of hydrogen-bond donors (Lipinski definition) is 1. The number of nitrogens with zero attached hydrogens (tertiary/aromatic N) is 2. The second-order valence-electron chi connectivity index (χ2n) is 2.24. The molecule has 1 aromatic rings. The summed E-state index contributed by atoms with van der Waals surface area (Å²) < 4.78 is 1.80. The van der Waals surface area contributed by atoms with Gasteiger partial charge in [-0.15, -0.1) is 0 Å². The quantitative estimate of drug-likeness (QED) is 0.597. The van der Waals surface area contributed by atoms with Crippen LogP contribution < -0.4 is 0 Å². The molecule has 0 spiro atoms. The number of carbonyl (C=O) groups is 1. The zero-order valence-electron chi connectivity index (χ0n) is 6.61. The fraction of sp³-hybridized carbons (Fsp3) is 0.250. The molecule has 1 N–H and O–H groups in total. The van der Waals surface area contributed by atoms with Crippen molar-refractivity contribution in [3.05, 3.63) is 18.2 Å². The van der Waals surface area contributed by atoms with Crippen LogP contribution in [0.3, 0.4) is 0 Å². The van der Waals surface area contributed by atoms with Crippen LogP contribution in [0.1, 0.15) is 5.82 Å². The summed E-state index contributed by atoms with van der Waals surface area (Å²) in [5.41, 5.74) is 0. The van der Waals surface area contributed by atoms with Crippen LogP contribution in [0.2, 0.25) is 0 Å². The average molecular weight is 164 g/mol. The van der Waals surface area contributed by atoms with Gasteiger partial charge in [-0.05, 0) is 0 Å². The maximum Gasteiger partial charge on any atom is 0.381 e. The largest absolute Gasteiger partial charge is 0.472 e. The van der Waals surface area contributed by atoms with Crippen molar-refractivity contribution < 1.29 is 9.90 Å². The first-order valence-electron chi connectivity index (χ1n) is 3.38. The minimum Gasteiger partial charge on any atom is -0.472 e. The van der Waals surface area contributed by atoms with E-state index in [1.54, 1.807) is 17.0 Å². The monoisotopic (exact) mass is 164 g/mol. The zero-order valence-corrected chi connectivity index (χ0v) is 6.61. The van der Waals surface area contributed by atoms with E-state index < -0.39 is 5.97 Å². The molecule has 0 aliphatic rings. The molecule has 62 valence electrons. The lowest BCUT2D eigenvalue weighted by Crippen LogP contribution is -1.96. The van der Waals surface area contributed by atoms with Gasteiger partial charge in [0, 0.05) is 25.4 Å². The highest BCUT2D eigenvalue weighted by Gasteiger charge is 1.94. The molecule has 0 saturated carbocycles. The van der Waals surface area contributed by atoms with E-state index >= 15 is 0 Å². The Balaban J connectivity index is 2.61. The predicted molar refractivity (Wildman–Crippen MR) is 42.3 cm³/mol. The number of carboxylic acids is 1. The normalized spacial score (nSPS) is 8.75. The summed E-state index contributed by atoms with van der Waals surface area (Å²) in [7, 11) is 1.84.